The zero-order valence-corrected chi connectivity index (χ0v) is 17.0. The fraction of sp³-hybridized carbons (Fsp3) is 0.545. The molecule has 1 aliphatic carbocycles. The van der Waals surface area contributed by atoms with Crippen LogP contribution in [0.1, 0.15) is 64.9 Å². The maximum atomic E-state index is 13.0. The third-order valence-corrected chi connectivity index (χ3v) is 5.86. The average molecular weight is 396 g/mol. The van der Waals surface area contributed by atoms with Crippen molar-refractivity contribution in [2.75, 3.05) is 13.1 Å². The topological polar surface area (TPSA) is 80.1 Å². The number of piperidine rings is 1. The minimum atomic E-state index is -0.155. The summed E-state index contributed by atoms with van der Waals surface area (Å²) >= 11 is 0. The van der Waals surface area contributed by atoms with Crippen molar-refractivity contribution in [3.63, 3.8) is 0 Å². The lowest BCUT2D eigenvalue weighted by Crippen LogP contribution is -2.44. The molecule has 2 aliphatic rings. The van der Waals surface area contributed by atoms with Crippen molar-refractivity contribution in [2.24, 2.45) is 5.92 Å². The maximum Gasteiger partial charge on any atom is 0.273 e. The Morgan fingerprint density at radius 2 is 2.07 bits per heavy atom. The molecule has 1 saturated carbocycles. The molecule has 2 amide bonds. The summed E-state index contributed by atoms with van der Waals surface area (Å²) < 4.78 is 1.72. The van der Waals surface area contributed by atoms with Crippen LogP contribution < -0.4 is 5.32 Å². The SMILES string of the molecule is Cc1cccc(C(=O)N2CCCCC2CCn2cc(C(=O)NCC3CC3)nn2)c1. The van der Waals surface area contributed by atoms with Gasteiger partial charge in [0.25, 0.3) is 11.8 Å². The fourth-order valence-corrected chi connectivity index (χ4v) is 3.95. The Morgan fingerprint density at radius 1 is 1.21 bits per heavy atom. The van der Waals surface area contributed by atoms with E-state index in [1.54, 1.807) is 10.9 Å². The molecule has 1 unspecified atom stereocenters. The fourth-order valence-electron chi connectivity index (χ4n) is 3.95. The average Bonchev–Trinajstić information content (AvgIpc) is 3.45. The van der Waals surface area contributed by atoms with Crippen LogP contribution in [-0.4, -0.2) is 50.8 Å². The largest absolute Gasteiger partial charge is 0.350 e. The molecule has 1 aromatic heterocycles. The molecule has 2 aromatic rings. The van der Waals surface area contributed by atoms with Crippen molar-refractivity contribution in [1.82, 2.24) is 25.2 Å². The van der Waals surface area contributed by atoms with Gasteiger partial charge in [0, 0.05) is 31.2 Å². The van der Waals surface area contributed by atoms with Crippen LogP contribution in [0.3, 0.4) is 0 Å². The molecule has 1 saturated heterocycles. The highest BCUT2D eigenvalue weighted by molar-refractivity contribution is 5.94. The van der Waals surface area contributed by atoms with Gasteiger partial charge in [0.2, 0.25) is 0 Å². The summed E-state index contributed by atoms with van der Waals surface area (Å²) in [5, 5.41) is 11.0. The summed E-state index contributed by atoms with van der Waals surface area (Å²) in [5.74, 6) is 0.589. The Balaban J connectivity index is 1.35. The molecule has 0 bridgehead atoms. The number of aromatic nitrogens is 3. The molecule has 0 spiro atoms. The van der Waals surface area contributed by atoms with Crippen LogP contribution >= 0.6 is 0 Å². The standard InChI is InChI=1S/C22H29N5O2/c1-16-5-4-6-18(13-16)22(29)27-11-3-2-7-19(27)10-12-26-15-20(24-25-26)21(28)23-14-17-8-9-17/h4-6,13,15,17,19H,2-3,7-12,14H2,1H3,(H,23,28). The van der Waals surface area contributed by atoms with Gasteiger partial charge in [0.15, 0.2) is 5.69 Å². The zero-order valence-electron chi connectivity index (χ0n) is 17.0. The van der Waals surface area contributed by atoms with Crippen LogP contribution in [0.4, 0.5) is 0 Å². The van der Waals surface area contributed by atoms with E-state index in [1.165, 1.54) is 12.8 Å². The summed E-state index contributed by atoms with van der Waals surface area (Å²) in [6, 6.07) is 7.98. The predicted molar refractivity (Wildman–Crippen MR) is 110 cm³/mol. The van der Waals surface area contributed by atoms with Gasteiger partial charge >= 0.3 is 0 Å². The summed E-state index contributed by atoms with van der Waals surface area (Å²) in [4.78, 5) is 27.2. The first kappa shape index (κ1) is 19.6. The molecular formula is C22H29N5O2. The molecular weight excluding hydrogens is 366 g/mol. The maximum absolute atomic E-state index is 13.0. The molecule has 29 heavy (non-hydrogen) atoms. The Hall–Kier alpha value is -2.70. The van der Waals surface area contributed by atoms with E-state index in [0.29, 0.717) is 18.2 Å². The van der Waals surface area contributed by atoms with Gasteiger partial charge in [-0.2, -0.15) is 0 Å². The second-order valence-electron chi connectivity index (χ2n) is 8.33. The number of amides is 2. The van der Waals surface area contributed by atoms with E-state index in [1.807, 2.05) is 36.1 Å². The molecule has 1 N–H and O–H groups in total. The van der Waals surface area contributed by atoms with E-state index >= 15 is 0 Å². The van der Waals surface area contributed by atoms with E-state index in [9.17, 15) is 9.59 Å². The van der Waals surface area contributed by atoms with E-state index in [0.717, 1.165) is 49.9 Å². The zero-order chi connectivity index (χ0) is 20.2. The first-order valence-corrected chi connectivity index (χ1v) is 10.7. The summed E-state index contributed by atoms with van der Waals surface area (Å²) in [6.07, 6.45) is 8.10. The number of carbonyl (C=O) groups excluding carboxylic acids is 2. The third kappa shape index (κ3) is 5.02. The van der Waals surface area contributed by atoms with Crippen LogP contribution in [0.2, 0.25) is 0 Å². The van der Waals surface area contributed by atoms with E-state index in [4.69, 9.17) is 0 Å². The number of likely N-dealkylation sites (tertiary alicyclic amines) is 1. The first-order chi connectivity index (χ1) is 14.1. The van der Waals surface area contributed by atoms with Gasteiger partial charge in [-0.3, -0.25) is 14.3 Å². The van der Waals surface area contributed by atoms with E-state index < -0.39 is 0 Å². The van der Waals surface area contributed by atoms with Crippen molar-refractivity contribution in [1.29, 1.82) is 0 Å². The first-order valence-electron chi connectivity index (χ1n) is 10.7. The normalized spacial score (nSPS) is 19.2. The quantitative estimate of drug-likeness (QED) is 0.782. The minimum absolute atomic E-state index is 0.108. The molecule has 1 atom stereocenters. The number of nitrogens with zero attached hydrogens (tertiary/aromatic N) is 4. The molecule has 2 fully saturated rings. The summed E-state index contributed by atoms with van der Waals surface area (Å²) in [6.45, 7) is 4.17. The lowest BCUT2D eigenvalue weighted by molar-refractivity contribution is 0.0593. The van der Waals surface area contributed by atoms with Crippen LogP contribution in [0, 0.1) is 12.8 Å². The van der Waals surface area contributed by atoms with Gasteiger partial charge < -0.3 is 10.2 Å². The molecule has 0 radical (unpaired) electrons. The van der Waals surface area contributed by atoms with Gasteiger partial charge in [0.1, 0.15) is 0 Å². The monoisotopic (exact) mass is 395 g/mol. The van der Waals surface area contributed by atoms with Gasteiger partial charge in [-0.1, -0.05) is 22.9 Å². The lowest BCUT2D eigenvalue weighted by Gasteiger charge is -2.36. The second kappa shape index (κ2) is 8.76. The molecule has 1 aromatic carbocycles. The Bertz CT molecular complexity index is 874. The third-order valence-electron chi connectivity index (χ3n) is 5.86. The van der Waals surface area contributed by atoms with Crippen LogP contribution in [-0.2, 0) is 6.54 Å². The number of hydrogen-bond donors (Lipinski definition) is 1. The molecule has 2 heterocycles. The van der Waals surface area contributed by atoms with Gasteiger partial charge in [0.05, 0.1) is 6.20 Å². The molecule has 7 heteroatoms. The molecule has 7 nitrogen and oxygen atoms in total. The highest BCUT2D eigenvalue weighted by atomic mass is 16.2. The predicted octanol–water partition coefficient (Wildman–Crippen LogP) is 2.81. The minimum Gasteiger partial charge on any atom is -0.350 e. The Morgan fingerprint density at radius 3 is 2.86 bits per heavy atom. The van der Waals surface area contributed by atoms with Crippen molar-refractivity contribution < 1.29 is 9.59 Å². The van der Waals surface area contributed by atoms with Gasteiger partial charge in [-0.25, -0.2) is 0 Å². The van der Waals surface area contributed by atoms with Gasteiger partial charge in [-0.05, 0) is 63.5 Å². The van der Waals surface area contributed by atoms with E-state index in [-0.39, 0.29) is 17.9 Å². The van der Waals surface area contributed by atoms with Crippen molar-refractivity contribution >= 4 is 11.8 Å². The number of carbonyl (C=O) groups is 2. The summed E-state index contributed by atoms with van der Waals surface area (Å²) in [7, 11) is 0. The van der Waals surface area contributed by atoms with Crippen LogP contribution in [0.5, 0.6) is 0 Å². The summed E-state index contributed by atoms with van der Waals surface area (Å²) in [5.41, 5.74) is 2.22. The highest BCUT2D eigenvalue weighted by Crippen LogP contribution is 2.27. The number of hydrogen-bond acceptors (Lipinski definition) is 4. The second-order valence-corrected chi connectivity index (χ2v) is 8.33. The van der Waals surface area contributed by atoms with Crippen molar-refractivity contribution in [3.05, 3.63) is 47.3 Å². The smallest absolute Gasteiger partial charge is 0.273 e. The molecule has 1 aliphatic heterocycles. The lowest BCUT2D eigenvalue weighted by atomic mass is 9.98. The van der Waals surface area contributed by atoms with Crippen LogP contribution in [0.15, 0.2) is 30.5 Å². The molecule has 154 valence electrons. The number of aryl methyl sites for hydroxylation is 2. The number of rotatable bonds is 7. The van der Waals surface area contributed by atoms with E-state index in [2.05, 4.69) is 15.6 Å². The van der Waals surface area contributed by atoms with Gasteiger partial charge in [-0.15, -0.1) is 5.10 Å². The Labute approximate surface area is 171 Å². The van der Waals surface area contributed by atoms with Crippen LogP contribution in [0.25, 0.3) is 0 Å². The Kier molecular flexibility index (Phi) is 5.92. The number of benzene rings is 1. The van der Waals surface area contributed by atoms with Crippen molar-refractivity contribution in [3.8, 4) is 0 Å². The molecule has 4 rings (SSSR count). The van der Waals surface area contributed by atoms with Crippen molar-refractivity contribution in [2.45, 2.75) is 58.0 Å². The number of nitrogens with one attached hydrogen (secondary N) is 1. The highest BCUT2D eigenvalue weighted by Gasteiger charge is 2.27.